The van der Waals surface area contributed by atoms with Gasteiger partial charge in [0, 0.05) is 43.6 Å². The van der Waals surface area contributed by atoms with Crippen LogP contribution in [-0.4, -0.2) is 56.0 Å². The van der Waals surface area contributed by atoms with Gasteiger partial charge in [-0.25, -0.2) is 14.6 Å². The Kier molecular flexibility index (Phi) is 5.19. The highest BCUT2D eigenvalue weighted by Gasteiger charge is 2.26. The van der Waals surface area contributed by atoms with Crippen molar-refractivity contribution in [1.82, 2.24) is 29.9 Å². The minimum absolute atomic E-state index is 0.132. The van der Waals surface area contributed by atoms with Crippen molar-refractivity contribution in [3.05, 3.63) is 59.3 Å². The third kappa shape index (κ3) is 3.67. The summed E-state index contributed by atoms with van der Waals surface area (Å²) in [7, 11) is 0. The molecule has 1 atom stereocenters. The summed E-state index contributed by atoms with van der Waals surface area (Å²) in [5.74, 6) is 0.657. The van der Waals surface area contributed by atoms with Gasteiger partial charge in [0.25, 0.3) is 0 Å². The van der Waals surface area contributed by atoms with Crippen LogP contribution < -0.4 is 4.90 Å². The normalized spacial score (nSPS) is 16.0. The van der Waals surface area contributed by atoms with E-state index in [1.807, 2.05) is 30.5 Å². The number of hydrogen-bond donors (Lipinski definition) is 0. The maximum Gasteiger partial charge on any atom is 0.183 e. The van der Waals surface area contributed by atoms with Gasteiger partial charge in [-0.15, -0.1) is 5.10 Å². The minimum Gasteiger partial charge on any atom is -0.352 e. The van der Waals surface area contributed by atoms with E-state index in [0.717, 1.165) is 37.6 Å². The van der Waals surface area contributed by atoms with E-state index in [0.29, 0.717) is 16.5 Å². The lowest BCUT2D eigenvalue weighted by Gasteiger charge is -2.37. The molecule has 1 aliphatic rings. The highest BCUT2D eigenvalue weighted by atomic mass is 35.5. The van der Waals surface area contributed by atoms with Crippen molar-refractivity contribution in [3.8, 4) is 11.8 Å². The highest BCUT2D eigenvalue weighted by molar-refractivity contribution is 6.30. The standard InChI is InChI=1S/C19H19ClN8/c1-14(18-13-28(25-24-18)16-4-2-3-15(20)11-16)26-7-9-27(10-8-26)19-17(12-21)22-5-6-23-19/h2-6,11,13-14H,7-10H2,1H3. The number of benzene rings is 1. The molecule has 9 heteroatoms. The van der Waals surface area contributed by atoms with Gasteiger partial charge in [0.15, 0.2) is 11.5 Å². The molecule has 1 saturated heterocycles. The van der Waals surface area contributed by atoms with Crippen molar-refractivity contribution >= 4 is 17.4 Å². The largest absolute Gasteiger partial charge is 0.352 e. The van der Waals surface area contributed by atoms with Crippen molar-refractivity contribution in [2.75, 3.05) is 31.1 Å². The zero-order valence-corrected chi connectivity index (χ0v) is 16.2. The van der Waals surface area contributed by atoms with E-state index in [1.165, 1.54) is 0 Å². The zero-order valence-electron chi connectivity index (χ0n) is 15.4. The fourth-order valence-corrected chi connectivity index (χ4v) is 3.55. The van der Waals surface area contributed by atoms with Gasteiger partial charge < -0.3 is 4.90 Å². The van der Waals surface area contributed by atoms with E-state index < -0.39 is 0 Å². The SMILES string of the molecule is CC(c1cn(-c2cccc(Cl)c2)nn1)N1CCN(c2nccnc2C#N)CC1. The Labute approximate surface area is 168 Å². The summed E-state index contributed by atoms with van der Waals surface area (Å²) >= 11 is 6.07. The van der Waals surface area contributed by atoms with Gasteiger partial charge in [-0.3, -0.25) is 4.90 Å². The van der Waals surface area contributed by atoms with Crippen LogP contribution >= 0.6 is 11.6 Å². The van der Waals surface area contributed by atoms with Crippen LogP contribution in [0.3, 0.4) is 0 Å². The third-order valence-corrected chi connectivity index (χ3v) is 5.19. The topological polar surface area (TPSA) is 86.8 Å². The van der Waals surface area contributed by atoms with Crippen LogP contribution in [0.15, 0.2) is 42.9 Å². The van der Waals surface area contributed by atoms with Crippen LogP contribution in [0.5, 0.6) is 0 Å². The van der Waals surface area contributed by atoms with Crippen LogP contribution in [0.25, 0.3) is 5.69 Å². The molecule has 0 N–H and O–H groups in total. The molecule has 142 valence electrons. The van der Waals surface area contributed by atoms with Crippen molar-refractivity contribution in [2.24, 2.45) is 0 Å². The Morgan fingerprint density at radius 1 is 1.14 bits per heavy atom. The Bertz CT molecular complexity index is 1000. The first-order valence-electron chi connectivity index (χ1n) is 9.04. The molecular formula is C19H19ClN8. The molecule has 0 bridgehead atoms. The molecule has 3 aromatic rings. The van der Waals surface area contributed by atoms with E-state index >= 15 is 0 Å². The molecule has 1 aliphatic heterocycles. The van der Waals surface area contributed by atoms with Crippen molar-refractivity contribution in [2.45, 2.75) is 13.0 Å². The second kappa shape index (κ2) is 7.92. The molecule has 28 heavy (non-hydrogen) atoms. The molecule has 0 aliphatic carbocycles. The molecule has 0 amide bonds. The van der Waals surface area contributed by atoms with Crippen molar-refractivity contribution in [3.63, 3.8) is 0 Å². The average Bonchev–Trinajstić information content (AvgIpc) is 3.24. The van der Waals surface area contributed by atoms with Gasteiger partial charge in [0.1, 0.15) is 6.07 Å². The fraction of sp³-hybridized carbons (Fsp3) is 0.316. The molecule has 2 aromatic heterocycles. The second-order valence-electron chi connectivity index (χ2n) is 6.61. The second-order valence-corrected chi connectivity index (χ2v) is 7.04. The van der Waals surface area contributed by atoms with Gasteiger partial charge in [-0.1, -0.05) is 22.9 Å². The minimum atomic E-state index is 0.132. The van der Waals surface area contributed by atoms with Crippen molar-refractivity contribution < 1.29 is 0 Å². The molecule has 0 spiro atoms. The molecule has 4 rings (SSSR count). The number of nitriles is 1. The van der Waals surface area contributed by atoms with Crippen LogP contribution in [-0.2, 0) is 0 Å². The maximum absolute atomic E-state index is 9.24. The number of anilines is 1. The Balaban J connectivity index is 1.43. The number of nitrogens with zero attached hydrogens (tertiary/aromatic N) is 8. The summed E-state index contributed by atoms with van der Waals surface area (Å²) < 4.78 is 1.74. The van der Waals surface area contributed by atoms with E-state index in [4.69, 9.17) is 11.6 Å². The predicted molar refractivity (Wildman–Crippen MR) is 105 cm³/mol. The lowest BCUT2D eigenvalue weighted by Crippen LogP contribution is -2.47. The summed E-state index contributed by atoms with van der Waals surface area (Å²) in [6.07, 6.45) is 5.11. The number of aromatic nitrogens is 5. The summed E-state index contributed by atoms with van der Waals surface area (Å²) in [5, 5.41) is 18.5. The molecule has 3 heterocycles. The van der Waals surface area contributed by atoms with Crippen molar-refractivity contribution in [1.29, 1.82) is 5.26 Å². The molecule has 1 aromatic carbocycles. The lowest BCUT2D eigenvalue weighted by atomic mass is 10.2. The zero-order chi connectivity index (χ0) is 19.5. The molecule has 1 unspecified atom stereocenters. The van der Waals surface area contributed by atoms with Crippen LogP contribution in [0, 0.1) is 11.3 Å². The van der Waals surface area contributed by atoms with Gasteiger partial charge in [-0.05, 0) is 25.1 Å². The quantitative estimate of drug-likeness (QED) is 0.671. The molecule has 1 fully saturated rings. The van der Waals surface area contributed by atoms with Gasteiger partial charge in [0.05, 0.1) is 23.6 Å². The van der Waals surface area contributed by atoms with Gasteiger partial charge in [-0.2, -0.15) is 5.26 Å². The molecule has 0 radical (unpaired) electrons. The lowest BCUT2D eigenvalue weighted by molar-refractivity contribution is 0.195. The molecule has 0 saturated carbocycles. The Morgan fingerprint density at radius 3 is 2.68 bits per heavy atom. The van der Waals surface area contributed by atoms with Crippen LogP contribution in [0.2, 0.25) is 5.02 Å². The maximum atomic E-state index is 9.24. The summed E-state index contributed by atoms with van der Waals surface area (Å²) in [6.45, 7) is 5.37. The summed E-state index contributed by atoms with van der Waals surface area (Å²) in [5.41, 5.74) is 2.16. The molecule has 8 nitrogen and oxygen atoms in total. The Morgan fingerprint density at radius 2 is 1.93 bits per heavy atom. The number of halogens is 1. The van der Waals surface area contributed by atoms with Gasteiger partial charge >= 0.3 is 0 Å². The number of piperazine rings is 1. The first-order valence-corrected chi connectivity index (χ1v) is 9.42. The predicted octanol–water partition coefficient (Wildman–Crippen LogP) is 2.47. The Hall–Kier alpha value is -3.02. The van der Waals surface area contributed by atoms with Crippen LogP contribution in [0.1, 0.15) is 24.4 Å². The van der Waals surface area contributed by atoms with Gasteiger partial charge in [0.2, 0.25) is 0 Å². The van der Waals surface area contributed by atoms with Crippen LogP contribution in [0.4, 0.5) is 5.82 Å². The van der Waals surface area contributed by atoms with E-state index in [1.54, 1.807) is 17.1 Å². The first kappa shape index (κ1) is 18.3. The average molecular weight is 395 g/mol. The fourth-order valence-electron chi connectivity index (χ4n) is 3.36. The molecular weight excluding hydrogens is 376 g/mol. The summed E-state index contributed by atoms with van der Waals surface area (Å²) in [6, 6.07) is 9.78. The third-order valence-electron chi connectivity index (χ3n) is 4.96. The monoisotopic (exact) mass is 394 g/mol. The first-order chi connectivity index (χ1) is 13.7. The smallest absolute Gasteiger partial charge is 0.183 e. The van der Waals surface area contributed by atoms with E-state index in [-0.39, 0.29) is 6.04 Å². The van der Waals surface area contributed by atoms with E-state index in [2.05, 4.69) is 43.1 Å². The summed E-state index contributed by atoms with van der Waals surface area (Å²) in [4.78, 5) is 12.9. The number of rotatable bonds is 4. The highest BCUT2D eigenvalue weighted by Crippen LogP contribution is 2.23. The number of hydrogen-bond acceptors (Lipinski definition) is 7. The van der Waals surface area contributed by atoms with E-state index in [9.17, 15) is 5.26 Å².